The molecule has 1 aliphatic rings. The van der Waals surface area contributed by atoms with Gasteiger partial charge in [-0.05, 0) is 34.5 Å². The van der Waals surface area contributed by atoms with Crippen molar-refractivity contribution in [2.75, 3.05) is 18.1 Å². The van der Waals surface area contributed by atoms with Crippen LogP contribution in [-0.4, -0.2) is 54.4 Å². The molecule has 0 aliphatic carbocycles. The maximum absolute atomic E-state index is 12.5. The van der Waals surface area contributed by atoms with E-state index in [2.05, 4.69) is 15.9 Å². The second kappa shape index (κ2) is 6.15. The van der Waals surface area contributed by atoms with Gasteiger partial charge in [-0.1, -0.05) is 12.1 Å². The zero-order valence-corrected chi connectivity index (χ0v) is 13.4. The molecule has 1 unspecified atom stereocenters. The Morgan fingerprint density at radius 3 is 2.52 bits per heavy atom. The standard InChI is InChI=1S/C13H14BrNO5S/c14-11-4-2-1-3-10(11)13(18)15(7-12(16)17)9-5-6-21(19,20)8-9/h1-4,9H,5-8H2,(H,16,17). The summed E-state index contributed by atoms with van der Waals surface area (Å²) in [6, 6.07) is 6.07. The third-order valence-corrected chi connectivity index (χ3v) is 5.76. The van der Waals surface area contributed by atoms with Gasteiger partial charge < -0.3 is 10.0 Å². The summed E-state index contributed by atoms with van der Waals surface area (Å²) in [7, 11) is -3.20. The van der Waals surface area contributed by atoms with Crippen LogP contribution in [0, 0.1) is 0 Å². The average molecular weight is 376 g/mol. The van der Waals surface area contributed by atoms with Crippen LogP contribution < -0.4 is 0 Å². The molecule has 8 heteroatoms. The smallest absolute Gasteiger partial charge is 0.323 e. The number of carbonyl (C=O) groups is 2. The summed E-state index contributed by atoms with van der Waals surface area (Å²) >= 11 is 3.25. The third kappa shape index (κ3) is 3.82. The summed E-state index contributed by atoms with van der Waals surface area (Å²) in [6.45, 7) is -0.514. The fraction of sp³-hybridized carbons (Fsp3) is 0.385. The van der Waals surface area contributed by atoms with Gasteiger partial charge >= 0.3 is 5.97 Å². The molecule has 1 saturated heterocycles. The molecule has 1 fully saturated rings. The molecule has 1 aliphatic heterocycles. The lowest BCUT2D eigenvalue weighted by Gasteiger charge is -2.27. The molecule has 1 N–H and O–H groups in total. The van der Waals surface area contributed by atoms with Gasteiger partial charge in [0.1, 0.15) is 6.54 Å². The van der Waals surface area contributed by atoms with Crippen molar-refractivity contribution in [2.24, 2.45) is 0 Å². The summed E-state index contributed by atoms with van der Waals surface area (Å²) in [6.07, 6.45) is 0.270. The zero-order valence-electron chi connectivity index (χ0n) is 11.0. The van der Waals surface area contributed by atoms with Gasteiger partial charge in [0.05, 0.1) is 17.1 Å². The summed E-state index contributed by atoms with van der Waals surface area (Å²) in [5.74, 6) is -1.85. The Kier molecular flexibility index (Phi) is 4.67. The van der Waals surface area contributed by atoms with Gasteiger partial charge in [0.2, 0.25) is 0 Å². The Hall–Kier alpha value is -1.41. The molecule has 0 saturated carbocycles. The van der Waals surface area contributed by atoms with Crippen LogP contribution in [0.3, 0.4) is 0 Å². The van der Waals surface area contributed by atoms with Crippen LogP contribution in [0.15, 0.2) is 28.7 Å². The Bertz CT molecular complexity index is 673. The molecule has 2 rings (SSSR count). The van der Waals surface area contributed by atoms with Crippen molar-refractivity contribution in [3.63, 3.8) is 0 Å². The molecular formula is C13H14BrNO5S. The SMILES string of the molecule is O=C(O)CN(C(=O)c1ccccc1Br)C1CCS(=O)(=O)C1. The van der Waals surface area contributed by atoms with Crippen LogP contribution in [0.1, 0.15) is 16.8 Å². The van der Waals surface area contributed by atoms with E-state index < -0.39 is 34.3 Å². The first-order chi connectivity index (χ1) is 9.80. The zero-order chi connectivity index (χ0) is 15.6. The van der Waals surface area contributed by atoms with E-state index in [1.165, 1.54) is 0 Å². The first-order valence-electron chi connectivity index (χ1n) is 6.28. The number of benzene rings is 1. The Balaban J connectivity index is 2.30. The molecule has 1 aromatic carbocycles. The first-order valence-corrected chi connectivity index (χ1v) is 8.89. The number of carboxylic acid groups (broad SMARTS) is 1. The van der Waals surface area contributed by atoms with Gasteiger partial charge in [-0.2, -0.15) is 0 Å². The number of hydrogen-bond acceptors (Lipinski definition) is 4. The van der Waals surface area contributed by atoms with Crippen molar-refractivity contribution in [3.8, 4) is 0 Å². The van der Waals surface area contributed by atoms with Crippen LogP contribution in [-0.2, 0) is 14.6 Å². The van der Waals surface area contributed by atoms with Crippen molar-refractivity contribution in [3.05, 3.63) is 34.3 Å². The van der Waals surface area contributed by atoms with Crippen LogP contribution in [0.25, 0.3) is 0 Å². The van der Waals surface area contributed by atoms with Crippen molar-refractivity contribution in [1.82, 2.24) is 4.90 Å². The fourth-order valence-corrected chi connectivity index (χ4v) is 4.51. The first kappa shape index (κ1) is 16.0. The number of sulfone groups is 1. The topological polar surface area (TPSA) is 91.8 Å². The van der Waals surface area contributed by atoms with Gasteiger partial charge in [0.15, 0.2) is 9.84 Å². The molecular weight excluding hydrogens is 362 g/mol. The molecule has 1 atom stereocenters. The minimum Gasteiger partial charge on any atom is -0.480 e. The number of rotatable bonds is 4. The van der Waals surface area contributed by atoms with Crippen LogP contribution in [0.5, 0.6) is 0 Å². The van der Waals surface area contributed by atoms with E-state index >= 15 is 0 Å². The van der Waals surface area contributed by atoms with E-state index in [0.29, 0.717) is 10.0 Å². The molecule has 0 aromatic heterocycles. The van der Waals surface area contributed by atoms with E-state index in [-0.39, 0.29) is 17.9 Å². The quantitative estimate of drug-likeness (QED) is 0.852. The maximum Gasteiger partial charge on any atom is 0.323 e. The largest absolute Gasteiger partial charge is 0.480 e. The number of aliphatic carboxylic acids is 1. The van der Waals surface area contributed by atoms with Gasteiger partial charge in [0.25, 0.3) is 5.91 Å². The highest BCUT2D eigenvalue weighted by Gasteiger charge is 2.36. The van der Waals surface area contributed by atoms with Crippen LogP contribution in [0.2, 0.25) is 0 Å². The molecule has 0 radical (unpaired) electrons. The molecule has 1 aromatic rings. The Labute approximate surface area is 130 Å². The fourth-order valence-electron chi connectivity index (χ4n) is 2.32. The molecule has 1 heterocycles. The minimum absolute atomic E-state index is 0.0168. The molecule has 0 bridgehead atoms. The summed E-state index contributed by atoms with van der Waals surface area (Å²) in [4.78, 5) is 24.7. The van der Waals surface area contributed by atoms with E-state index in [0.717, 1.165) is 4.90 Å². The van der Waals surface area contributed by atoms with Gasteiger partial charge in [0, 0.05) is 10.5 Å². The highest BCUT2D eigenvalue weighted by atomic mass is 79.9. The predicted octanol–water partition coefficient (Wildman–Crippen LogP) is 1.16. The maximum atomic E-state index is 12.5. The van der Waals surface area contributed by atoms with Crippen molar-refractivity contribution >= 4 is 37.6 Å². The number of carboxylic acids is 1. The lowest BCUT2D eigenvalue weighted by molar-refractivity contribution is -0.138. The van der Waals surface area contributed by atoms with Crippen molar-refractivity contribution in [2.45, 2.75) is 12.5 Å². The van der Waals surface area contributed by atoms with Crippen LogP contribution >= 0.6 is 15.9 Å². The lowest BCUT2D eigenvalue weighted by atomic mass is 10.1. The molecule has 21 heavy (non-hydrogen) atoms. The van der Waals surface area contributed by atoms with E-state index in [9.17, 15) is 18.0 Å². The van der Waals surface area contributed by atoms with Gasteiger partial charge in [-0.15, -0.1) is 0 Å². The van der Waals surface area contributed by atoms with Gasteiger partial charge in [-0.3, -0.25) is 9.59 Å². The third-order valence-electron chi connectivity index (χ3n) is 3.32. The molecule has 6 nitrogen and oxygen atoms in total. The molecule has 0 spiro atoms. The van der Waals surface area contributed by atoms with E-state index in [1.54, 1.807) is 24.3 Å². The number of amides is 1. The predicted molar refractivity (Wildman–Crippen MR) is 79.9 cm³/mol. The average Bonchev–Trinajstić information content (AvgIpc) is 2.76. The molecule has 114 valence electrons. The number of carbonyl (C=O) groups excluding carboxylic acids is 1. The number of nitrogens with zero attached hydrogens (tertiary/aromatic N) is 1. The molecule has 1 amide bonds. The Morgan fingerprint density at radius 1 is 1.33 bits per heavy atom. The highest BCUT2D eigenvalue weighted by Crippen LogP contribution is 2.23. The second-order valence-electron chi connectivity index (χ2n) is 4.86. The van der Waals surface area contributed by atoms with E-state index in [4.69, 9.17) is 5.11 Å². The Morgan fingerprint density at radius 2 is 2.00 bits per heavy atom. The van der Waals surface area contributed by atoms with Gasteiger partial charge in [-0.25, -0.2) is 8.42 Å². The highest BCUT2D eigenvalue weighted by molar-refractivity contribution is 9.10. The monoisotopic (exact) mass is 375 g/mol. The number of hydrogen-bond donors (Lipinski definition) is 1. The minimum atomic E-state index is -3.20. The number of halogens is 1. The summed E-state index contributed by atoms with van der Waals surface area (Å²) < 4.78 is 23.7. The van der Waals surface area contributed by atoms with E-state index in [1.807, 2.05) is 0 Å². The van der Waals surface area contributed by atoms with Crippen molar-refractivity contribution in [1.29, 1.82) is 0 Å². The summed E-state index contributed by atoms with van der Waals surface area (Å²) in [5.41, 5.74) is 0.322. The second-order valence-corrected chi connectivity index (χ2v) is 7.95. The lowest BCUT2D eigenvalue weighted by Crippen LogP contribution is -2.44. The normalized spacial score (nSPS) is 20.1. The summed E-state index contributed by atoms with van der Waals surface area (Å²) in [5, 5.41) is 8.98. The van der Waals surface area contributed by atoms with Crippen LogP contribution in [0.4, 0.5) is 0 Å². The van der Waals surface area contributed by atoms with Crippen molar-refractivity contribution < 1.29 is 23.1 Å².